The number of hydrogen-bond donors (Lipinski definition) is 2. The van der Waals surface area contributed by atoms with Crippen LogP contribution in [0.25, 0.3) is 0 Å². The number of carbonyl (C=O) groups is 2. The van der Waals surface area contributed by atoms with Gasteiger partial charge in [-0.1, -0.05) is 50.2 Å². The Kier molecular flexibility index (Phi) is 8.20. The molecule has 2 amide bonds. The molecule has 1 atom stereocenters. The highest BCUT2D eigenvalue weighted by molar-refractivity contribution is 5.96. The third-order valence-corrected chi connectivity index (χ3v) is 5.11. The molecule has 2 N–H and O–H groups in total. The van der Waals surface area contributed by atoms with E-state index in [0.717, 1.165) is 24.2 Å². The van der Waals surface area contributed by atoms with Crippen molar-refractivity contribution < 1.29 is 9.59 Å². The fraction of sp³-hybridized carbons (Fsp3) is 0.391. The normalized spacial score (nSPS) is 11.9. The smallest absolute Gasteiger partial charge is 0.251 e. The van der Waals surface area contributed by atoms with Crippen molar-refractivity contribution in [3.05, 3.63) is 70.8 Å². The zero-order valence-electron chi connectivity index (χ0n) is 17.3. The molecule has 2 aromatic carbocycles. The van der Waals surface area contributed by atoms with Crippen LogP contribution in [0.1, 0.15) is 46.9 Å². The summed E-state index contributed by atoms with van der Waals surface area (Å²) in [4.78, 5) is 26.9. The number of nitrogens with one attached hydrogen (secondary N) is 2. The molecule has 0 fully saturated rings. The van der Waals surface area contributed by atoms with Gasteiger partial charge in [-0.3, -0.25) is 14.5 Å². The number of hydrogen-bond acceptors (Lipinski definition) is 3. The number of nitrogens with zero attached hydrogens (tertiary/aromatic N) is 1. The lowest BCUT2D eigenvalue weighted by Crippen LogP contribution is -2.42. The van der Waals surface area contributed by atoms with Crippen molar-refractivity contribution in [2.24, 2.45) is 0 Å². The van der Waals surface area contributed by atoms with Gasteiger partial charge in [0.2, 0.25) is 5.91 Å². The van der Waals surface area contributed by atoms with E-state index in [-0.39, 0.29) is 24.4 Å². The maximum Gasteiger partial charge on any atom is 0.251 e. The van der Waals surface area contributed by atoms with Crippen LogP contribution in [-0.4, -0.2) is 42.9 Å². The lowest BCUT2D eigenvalue weighted by atomic mass is 10.1. The first-order valence-electron chi connectivity index (χ1n) is 9.87. The summed E-state index contributed by atoms with van der Waals surface area (Å²) in [5.41, 5.74) is 3.94. The van der Waals surface area contributed by atoms with Gasteiger partial charge in [0, 0.05) is 12.1 Å². The molecule has 1 unspecified atom stereocenters. The summed E-state index contributed by atoms with van der Waals surface area (Å²) in [5.74, 6) is -0.424. The van der Waals surface area contributed by atoms with E-state index in [2.05, 4.69) is 41.5 Å². The van der Waals surface area contributed by atoms with Gasteiger partial charge in [0.15, 0.2) is 0 Å². The second kappa shape index (κ2) is 10.6. The number of benzene rings is 2. The first-order chi connectivity index (χ1) is 13.5. The first-order valence-corrected chi connectivity index (χ1v) is 9.87. The Morgan fingerprint density at radius 2 is 1.61 bits per heavy atom. The van der Waals surface area contributed by atoms with E-state index < -0.39 is 0 Å². The monoisotopic (exact) mass is 381 g/mol. The molecule has 5 nitrogen and oxygen atoms in total. The molecule has 5 heteroatoms. The summed E-state index contributed by atoms with van der Waals surface area (Å²) in [5, 5.41) is 5.66. The van der Waals surface area contributed by atoms with Crippen LogP contribution < -0.4 is 10.6 Å². The number of likely N-dealkylation sites (N-methyl/N-ethyl adjacent to an activating group) is 1. The molecule has 0 heterocycles. The molecule has 2 rings (SSSR count). The van der Waals surface area contributed by atoms with Crippen LogP contribution in [0, 0.1) is 13.8 Å². The molecule has 0 aromatic heterocycles. The quantitative estimate of drug-likeness (QED) is 0.701. The molecule has 0 bridgehead atoms. The van der Waals surface area contributed by atoms with E-state index in [1.165, 1.54) is 5.56 Å². The summed E-state index contributed by atoms with van der Waals surface area (Å²) < 4.78 is 0. The minimum atomic E-state index is -0.235. The highest BCUT2D eigenvalue weighted by Crippen LogP contribution is 2.19. The zero-order valence-corrected chi connectivity index (χ0v) is 17.3. The van der Waals surface area contributed by atoms with Crippen molar-refractivity contribution in [1.82, 2.24) is 15.5 Å². The Hall–Kier alpha value is -2.66. The van der Waals surface area contributed by atoms with Gasteiger partial charge < -0.3 is 10.6 Å². The van der Waals surface area contributed by atoms with Crippen molar-refractivity contribution in [1.29, 1.82) is 0 Å². The highest BCUT2D eigenvalue weighted by atomic mass is 16.2. The molecule has 150 valence electrons. The van der Waals surface area contributed by atoms with Crippen LogP contribution in [0.5, 0.6) is 0 Å². The minimum Gasteiger partial charge on any atom is -0.353 e. The Balaban J connectivity index is 1.91. The molecule has 0 radical (unpaired) electrons. The van der Waals surface area contributed by atoms with Crippen molar-refractivity contribution >= 4 is 11.8 Å². The van der Waals surface area contributed by atoms with Crippen LogP contribution in [-0.2, 0) is 4.79 Å². The lowest BCUT2D eigenvalue weighted by Gasteiger charge is -2.30. The van der Waals surface area contributed by atoms with Crippen molar-refractivity contribution in [2.75, 3.05) is 26.2 Å². The molecule has 0 aliphatic heterocycles. The van der Waals surface area contributed by atoms with Gasteiger partial charge in [0.05, 0.1) is 12.6 Å². The molecule has 0 saturated carbocycles. The topological polar surface area (TPSA) is 61.4 Å². The highest BCUT2D eigenvalue weighted by Gasteiger charge is 2.18. The van der Waals surface area contributed by atoms with E-state index in [4.69, 9.17) is 0 Å². The summed E-state index contributed by atoms with van der Waals surface area (Å²) >= 11 is 0. The van der Waals surface area contributed by atoms with E-state index in [0.29, 0.717) is 12.1 Å². The summed E-state index contributed by atoms with van der Waals surface area (Å²) in [6.45, 7) is 10.5. The predicted octanol–water partition coefficient (Wildman–Crippen LogP) is 3.23. The molecule has 0 spiro atoms. The Morgan fingerprint density at radius 1 is 0.929 bits per heavy atom. The van der Waals surface area contributed by atoms with E-state index in [1.807, 2.05) is 44.2 Å². The molecular formula is C23H31N3O2. The lowest BCUT2D eigenvalue weighted by molar-refractivity contribution is -0.120. The SMILES string of the molecule is CCN(CC)C(CNC(=O)CNC(=O)c1ccc(C)c(C)c1)c1ccccc1. The van der Waals surface area contributed by atoms with Crippen molar-refractivity contribution in [3.63, 3.8) is 0 Å². The van der Waals surface area contributed by atoms with E-state index >= 15 is 0 Å². The second-order valence-corrected chi connectivity index (χ2v) is 6.93. The molecule has 0 aliphatic rings. The van der Waals surface area contributed by atoms with Gasteiger partial charge in [-0.2, -0.15) is 0 Å². The fourth-order valence-electron chi connectivity index (χ4n) is 3.22. The average molecular weight is 382 g/mol. The van der Waals surface area contributed by atoms with Gasteiger partial charge in [-0.25, -0.2) is 0 Å². The largest absolute Gasteiger partial charge is 0.353 e. The molecule has 0 aliphatic carbocycles. The first kappa shape index (κ1) is 21.6. The Morgan fingerprint density at radius 3 is 2.21 bits per heavy atom. The van der Waals surface area contributed by atoms with Crippen LogP contribution in [0.2, 0.25) is 0 Å². The minimum absolute atomic E-state index is 0.0362. The van der Waals surface area contributed by atoms with Crippen molar-refractivity contribution in [3.8, 4) is 0 Å². The summed E-state index contributed by atoms with van der Waals surface area (Å²) in [6.07, 6.45) is 0. The van der Waals surface area contributed by atoms with E-state index in [9.17, 15) is 9.59 Å². The van der Waals surface area contributed by atoms with Crippen LogP contribution >= 0.6 is 0 Å². The Bertz CT molecular complexity index is 786. The number of aryl methyl sites for hydroxylation is 2. The van der Waals surface area contributed by atoms with Gasteiger partial charge in [-0.05, 0) is 55.8 Å². The maximum atomic E-state index is 12.3. The fourth-order valence-corrected chi connectivity index (χ4v) is 3.22. The van der Waals surface area contributed by atoms with Gasteiger partial charge >= 0.3 is 0 Å². The Labute approximate surface area is 168 Å². The predicted molar refractivity (Wildman–Crippen MR) is 113 cm³/mol. The van der Waals surface area contributed by atoms with Gasteiger partial charge in [0.25, 0.3) is 5.91 Å². The molecule has 28 heavy (non-hydrogen) atoms. The number of carbonyl (C=O) groups excluding carboxylic acids is 2. The third kappa shape index (κ3) is 5.92. The average Bonchev–Trinajstić information content (AvgIpc) is 2.72. The zero-order chi connectivity index (χ0) is 20.5. The third-order valence-electron chi connectivity index (χ3n) is 5.11. The number of rotatable bonds is 9. The van der Waals surface area contributed by atoms with Gasteiger partial charge in [-0.15, -0.1) is 0 Å². The summed E-state index contributed by atoms with van der Waals surface area (Å²) in [6, 6.07) is 15.8. The van der Waals surface area contributed by atoms with Crippen LogP contribution in [0.4, 0.5) is 0 Å². The van der Waals surface area contributed by atoms with E-state index in [1.54, 1.807) is 6.07 Å². The standard InChI is InChI=1S/C23H31N3O2/c1-5-26(6-2)21(19-10-8-7-9-11-19)15-24-22(27)16-25-23(28)20-13-12-17(3)18(4)14-20/h7-14,21H,5-6,15-16H2,1-4H3,(H,24,27)(H,25,28). The van der Waals surface area contributed by atoms with Crippen molar-refractivity contribution in [2.45, 2.75) is 33.7 Å². The molecule has 0 saturated heterocycles. The second-order valence-electron chi connectivity index (χ2n) is 6.93. The van der Waals surface area contributed by atoms with Gasteiger partial charge in [0.1, 0.15) is 0 Å². The summed E-state index contributed by atoms with van der Waals surface area (Å²) in [7, 11) is 0. The van der Waals surface area contributed by atoms with Crippen LogP contribution in [0.15, 0.2) is 48.5 Å². The number of amides is 2. The molecule has 2 aromatic rings. The molecular weight excluding hydrogens is 350 g/mol. The van der Waals surface area contributed by atoms with Crippen LogP contribution in [0.3, 0.4) is 0 Å². The maximum absolute atomic E-state index is 12.3.